The maximum atomic E-state index is 12.5. The van der Waals surface area contributed by atoms with Gasteiger partial charge in [-0.3, -0.25) is 9.69 Å². The molecule has 126 valence electrons. The van der Waals surface area contributed by atoms with Gasteiger partial charge in [-0.1, -0.05) is 30.0 Å². The van der Waals surface area contributed by atoms with Crippen molar-refractivity contribution in [3.63, 3.8) is 0 Å². The van der Waals surface area contributed by atoms with Gasteiger partial charge in [-0.05, 0) is 31.0 Å². The fraction of sp³-hybridized carbons (Fsp3) is 0.500. The Morgan fingerprint density at radius 3 is 2.74 bits per heavy atom. The van der Waals surface area contributed by atoms with Gasteiger partial charge in [-0.15, -0.1) is 0 Å². The summed E-state index contributed by atoms with van der Waals surface area (Å²) in [6.45, 7) is 3.47. The summed E-state index contributed by atoms with van der Waals surface area (Å²) in [5.41, 5.74) is 1.02. The molecule has 23 heavy (non-hydrogen) atoms. The van der Waals surface area contributed by atoms with Crippen LogP contribution in [0.4, 0.5) is 0 Å². The molecule has 0 radical (unpaired) electrons. The molecule has 0 unspecified atom stereocenters. The smallest absolute Gasteiger partial charge is 0.242 e. The molecule has 1 fully saturated rings. The number of nitrogens with zero attached hydrogens (tertiary/aromatic N) is 1. The van der Waals surface area contributed by atoms with Crippen LogP contribution in [0, 0.1) is 0 Å². The predicted octanol–water partition coefficient (Wildman–Crippen LogP) is 2.51. The van der Waals surface area contributed by atoms with Gasteiger partial charge >= 0.3 is 0 Å². The molecule has 5 nitrogen and oxygen atoms in total. The minimum Gasteiger partial charge on any atom is -0.493 e. The van der Waals surface area contributed by atoms with Crippen molar-refractivity contribution in [2.24, 2.45) is 0 Å². The van der Waals surface area contributed by atoms with Crippen LogP contribution < -0.4 is 9.47 Å². The molecule has 1 aliphatic heterocycles. The Bertz CT molecular complexity index is 579. The zero-order valence-corrected chi connectivity index (χ0v) is 15.2. The second-order valence-corrected chi connectivity index (χ2v) is 6.81. The SMILES string of the molecule is CCOc1cc(C[C@H]2SC(=S)N(CCOC)C2=O)ccc1OC. The first-order valence-corrected chi connectivity index (χ1v) is 8.70. The van der Waals surface area contributed by atoms with E-state index in [-0.39, 0.29) is 11.2 Å². The largest absolute Gasteiger partial charge is 0.493 e. The number of hydrogen-bond acceptors (Lipinski definition) is 6. The van der Waals surface area contributed by atoms with Crippen LogP contribution in [0.1, 0.15) is 12.5 Å². The van der Waals surface area contributed by atoms with Crippen molar-refractivity contribution in [2.45, 2.75) is 18.6 Å². The van der Waals surface area contributed by atoms with Crippen LogP contribution in [0.5, 0.6) is 11.5 Å². The first-order valence-electron chi connectivity index (χ1n) is 7.41. The highest BCUT2D eigenvalue weighted by atomic mass is 32.2. The van der Waals surface area contributed by atoms with Gasteiger partial charge in [0, 0.05) is 7.11 Å². The summed E-state index contributed by atoms with van der Waals surface area (Å²) in [4.78, 5) is 14.1. The van der Waals surface area contributed by atoms with Crippen LogP contribution >= 0.6 is 24.0 Å². The molecule has 0 aliphatic carbocycles. The van der Waals surface area contributed by atoms with E-state index in [9.17, 15) is 4.79 Å². The summed E-state index contributed by atoms with van der Waals surface area (Å²) in [5, 5.41) is -0.192. The van der Waals surface area contributed by atoms with Crippen molar-refractivity contribution in [3.8, 4) is 11.5 Å². The lowest BCUT2D eigenvalue weighted by Crippen LogP contribution is -2.34. The quantitative estimate of drug-likeness (QED) is 0.668. The average molecular weight is 355 g/mol. The van der Waals surface area contributed by atoms with E-state index in [0.717, 1.165) is 5.56 Å². The monoisotopic (exact) mass is 355 g/mol. The van der Waals surface area contributed by atoms with E-state index in [1.165, 1.54) is 11.8 Å². The molecule has 0 N–H and O–H groups in total. The molecule has 0 saturated carbocycles. The van der Waals surface area contributed by atoms with Crippen LogP contribution in [0.3, 0.4) is 0 Å². The van der Waals surface area contributed by atoms with Gasteiger partial charge in [0.15, 0.2) is 11.5 Å². The minimum atomic E-state index is -0.192. The standard InChI is InChI=1S/C16H21NO4S2/c1-4-21-13-9-11(5-6-12(13)20-3)10-14-15(18)17(7-8-19-2)16(22)23-14/h5-6,9,14H,4,7-8,10H2,1-3H3/t14-/m1/s1. The highest BCUT2D eigenvalue weighted by Gasteiger charge is 2.36. The number of methoxy groups -OCH3 is 2. The molecule has 1 aromatic carbocycles. The van der Waals surface area contributed by atoms with Crippen molar-refractivity contribution < 1.29 is 19.0 Å². The lowest BCUT2D eigenvalue weighted by molar-refractivity contribution is -0.126. The molecule has 0 spiro atoms. The average Bonchev–Trinajstić information content (AvgIpc) is 2.80. The summed E-state index contributed by atoms with van der Waals surface area (Å²) in [7, 11) is 3.22. The van der Waals surface area contributed by atoms with Crippen molar-refractivity contribution in [3.05, 3.63) is 23.8 Å². The van der Waals surface area contributed by atoms with E-state index in [0.29, 0.717) is 42.0 Å². The third-order valence-electron chi connectivity index (χ3n) is 3.47. The van der Waals surface area contributed by atoms with E-state index >= 15 is 0 Å². The van der Waals surface area contributed by atoms with E-state index in [1.807, 2.05) is 25.1 Å². The second kappa shape index (κ2) is 8.52. The van der Waals surface area contributed by atoms with Crippen LogP contribution in [-0.2, 0) is 16.0 Å². The molecule has 1 amide bonds. The van der Waals surface area contributed by atoms with Gasteiger partial charge < -0.3 is 14.2 Å². The van der Waals surface area contributed by atoms with Gasteiger partial charge in [0.1, 0.15) is 4.32 Å². The molecule has 2 rings (SSSR count). The molecular formula is C16H21NO4S2. The van der Waals surface area contributed by atoms with Gasteiger partial charge in [-0.2, -0.15) is 0 Å². The van der Waals surface area contributed by atoms with Gasteiger partial charge in [0.2, 0.25) is 5.91 Å². The molecule has 1 atom stereocenters. The molecule has 0 bridgehead atoms. The number of ether oxygens (including phenoxy) is 3. The normalized spacial score (nSPS) is 17.7. The van der Waals surface area contributed by atoms with Gasteiger partial charge in [0.25, 0.3) is 0 Å². The van der Waals surface area contributed by atoms with Crippen molar-refractivity contribution in [2.75, 3.05) is 34.0 Å². The highest BCUT2D eigenvalue weighted by Crippen LogP contribution is 2.33. The van der Waals surface area contributed by atoms with E-state index in [2.05, 4.69) is 0 Å². The van der Waals surface area contributed by atoms with E-state index in [4.69, 9.17) is 26.4 Å². The summed E-state index contributed by atoms with van der Waals surface area (Å²) >= 11 is 6.74. The van der Waals surface area contributed by atoms with Crippen molar-refractivity contribution in [1.82, 2.24) is 4.90 Å². The van der Waals surface area contributed by atoms with Crippen LogP contribution in [0.2, 0.25) is 0 Å². The summed E-state index contributed by atoms with van der Waals surface area (Å²) in [5.74, 6) is 1.44. The minimum absolute atomic E-state index is 0.0471. The second-order valence-electron chi connectivity index (χ2n) is 4.98. The molecule has 1 saturated heterocycles. The maximum Gasteiger partial charge on any atom is 0.242 e. The number of benzene rings is 1. The molecule has 1 aromatic rings. The topological polar surface area (TPSA) is 48.0 Å². The summed E-state index contributed by atoms with van der Waals surface area (Å²) < 4.78 is 16.5. The zero-order valence-electron chi connectivity index (χ0n) is 13.5. The number of carbonyl (C=O) groups is 1. The number of carbonyl (C=O) groups excluding carboxylic acids is 1. The number of hydrogen-bond donors (Lipinski definition) is 0. The zero-order chi connectivity index (χ0) is 16.8. The Morgan fingerprint density at radius 1 is 1.30 bits per heavy atom. The number of thiocarbonyl (C=S) groups is 1. The van der Waals surface area contributed by atoms with E-state index in [1.54, 1.807) is 19.1 Å². The van der Waals surface area contributed by atoms with Crippen molar-refractivity contribution in [1.29, 1.82) is 0 Å². The Morgan fingerprint density at radius 2 is 2.09 bits per heavy atom. The number of amides is 1. The van der Waals surface area contributed by atoms with Crippen LogP contribution in [0.15, 0.2) is 18.2 Å². The summed E-state index contributed by atoms with van der Waals surface area (Å²) in [6, 6.07) is 5.75. The fourth-order valence-electron chi connectivity index (χ4n) is 2.34. The van der Waals surface area contributed by atoms with E-state index < -0.39 is 0 Å². The summed E-state index contributed by atoms with van der Waals surface area (Å²) in [6.07, 6.45) is 0.608. The first kappa shape index (κ1) is 18.0. The fourth-order valence-corrected chi connectivity index (χ4v) is 3.93. The third kappa shape index (κ3) is 4.37. The Labute approximate surface area is 146 Å². The first-order chi connectivity index (χ1) is 11.1. The van der Waals surface area contributed by atoms with Crippen LogP contribution in [-0.4, -0.2) is 54.4 Å². The number of thioether (sulfide) groups is 1. The third-order valence-corrected chi connectivity index (χ3v) is 5.06. The van der Waals surface area contributed by atoms with Crippen LogP contribution in [0.25, 0.3) is 0 Å². The molecule has 1 heterocycles. The number of rotatable bonds is 8. The molecule has 0 aromatic heterocycles. The van der Waals surface area contributed by atoms with Gasteiger partial charge in [-0.25, -0.2) is 0 Å². The van der Waals surface area contributed by atoms with Crippen molar-refractivity contribution >= 4 is 34.2 Å². The Balaban J connectivity index is 2.08. The maximum absolute atomic E-state index is 12.5. The Hall–Kier alpha value is -1.31. The Kier molecular flexibility index (Phi) is 6.68. The predicted molar refractivity (Wildman–Crippen MR) is 95.4 cm³/mol. The molecular weight excluding hydrogens is 334 g/mol. The van der Waals surface area contributed by atoms with Gasteiger partial charge in [0.05, 0.1) is 32.1 Å². The highest BCUT2D eigenvalue weighted by molar-refractivity contribution is 8.24. The lowest BCUT2D eigenvalue weighted by atomic mass is 10.1. The molecule has 1 aliphatic rings. The molecule has 7 heteroatoms. The lowest BCUT2D eigenvalue weighted by Gasteiger charge is -2.15.